The van der Waals surface area contributed by atoms with Gasteiger partial charge in [-0.25, -0.2) is 0 Å². The molecule has 3 nitrogen and oxygen atoms in total. The second kappa shape index (κ2) is 5.23. The molecule has 1 aromatic rings. The van der Waals surface area contributed by atoms with Gasteiger partial charge in [-0.05, 0) is 12.0 Å². The fraction of sp³-hybridized carbons (Fsp3) is 0.462. The monoisotopic (exact) mass is 218 g/mol. The standard InChI is InChI=1S/C13H18N2O/c14-13-6-7-15(9-12(13)10-16)8-11-4-2-1-3-5-11/h1-5,10,12-13H,6-9,14H2. The number of aldehydes is 1. The number of carbonyl (C=O) groups is 1. The zero-order valence-electron chi connectivity index (χ0n) is 9.38. The van der Waals surface area contributed by atoms with Gasteiger partial charge in [-0.1, -0.05) is 30.3 Å². The van der Waals surface area contributed by atoms with Gasteiger partial charge in [0.05, 0.1) is 0 Å². The average molecular weight is 218 g/mol. The summed E-state index contributed by atoms with van der Waals surface area (Å²) in [5.41, 5.74) is 7.18. The SMILES string of the molecule is NC1CCN(Cc2ccccc2)CC1C=O. The van der Waals surface area contributed by atoms with Gasteiger partial charge in [-0.2, -0.15) is 0 Å². The number of piperidine rings is 1. The van der Waals surface area contributed by atoms with Crippen molar-refractivity contribution in [2.24, 2.45) is 11.7 Å². The lowest BCUT2D eigenvalue weighted by Gasteiger charge is -2.34. The van der Waals surface area contributed by atoms with E-state index in [4.69, 9.17) is 5.73 Å². The third-order valence-electron chi connectivity index (χ3n) is 3.22. The van der Waals surface area contributed by atoms with Crippen LogP contribution in [0.4, 0.5) is 0 Å². The van der Waals surface area contributed by atoms with Crippen LogP contribution in [-0.2, 0) is 11.3 Å². The first-order valence-corrected chi connectivity index (χ1v) is 5.77. The highest BCUT2D eigenvalue weighted by atomic mass is 16.1. The molecule has 0 spiro atoms. The fourth-order valence-corrected chi connectivity index (χ4v) is 2.20. The molecule has 0 amide bonds. The van der Waals surface area contributed by atoms with Crippen LogP contribution >= 0.6 is 0 Å². The van der Waals surface area contributed by atoms with E-state index in [1.54, 1.807) is 0 Å². The summed E-state index contributed by atoms with van der Waals surface area (Å²) in [6, 6.07) is 10.4. The Balaban J connectivity index is 1.94. The molecule has 3 heteroatoms. The Hall–Kier alpha value is -1.19. The third-order valence-corrected chi connectivity index (χ3v) is 3.22. The Morgan fingerprint density at radius 3 is 2.81 bits per heavy atom. The summed E-state index contributed by atoms with van der Waals surface area (Å²) in [4.78, 5) is 13.2. The molecule has 0 aromatic heterocycles. The van der Waals surface area contributed by atoms with Crippen molar-refractivity contribution in [1.82, 2.24) is 4.90 Å². The maximum atomic E-state index is 10.9. The van der Waals surface area contributed by atoms with Crippen LogP contribution in [0.1, 0.15) is 12.0 Å². The van der Waals surface area contributed by atoms with E-state index >= 15 is 0 Å². The van der Waals surface area contributed by atoms with Crippen molar-refractivity contribution in [1.29, 1.82) is 0 Å². The minimum Gasteiger partial charge on any atom is -0.327 e. The van der Waals surface area contributed by atoms with Crippen LogP contribution < -0.4 is 5.73 Å². The van der Waals surface area contributed by atoms with E-state index in [-0.39, 0.29) is 12.0 Å². The van der Waals surface area contributed by atoms with Gasteiger partial charge in [0.1, 0.15) is 6.29 Å². The molecule has 86 valence electrons. The maximum absolute atomic E-state index is 10.9. The van der Waals surface area contributed by atoms with Crippen LogP contribution in [0.5, 0.6) is 0 Å². The third kappa shape index (κ3) is 2.68. The van der Waals surface area contributed by atoms with Crippen molar-refractivity contribution in [3.05, 3.63) is 35.9 Å². The van der Waals surface area contributed by atoms with Crippen molar-refractivity contribution in [2.45, 2.75) is 19.0 Å². The lowest BCUT2D eigenvalue weighted by molar-refractivity contribution is -0.113. The summed E-state index contributed by atoms with van der Waals surface area (Å²) in [5, 5.41) is 0. The number of nitrogens with two attached hydrogens (primary N) is 1. The van der Waals surface area contributed by atoms with E-state index in [0.29, 0.717) is 0 Å². The average Bonchev–Trinajstić information content (AvgIpc) is 2.33. The molecule has 2 rings (SSSR count). The first kappa shape index (κ1) is 11.3. The van der Waals surface area contributed by atoms with E-state index in [2.05, 4.69) is 17.0 Å². The van der Waals surface area contributed by atoms with E-state index in [1.807, 2.05) is 18.2 Å². The number of hydrogen-bond donors (Lipinski definition) is 1. The largest absolute Gasteiger partial charge is 0.327 e. The number of benzene rings is 1. The van der Waals surface area contributed by atoms with Gasteiger partial charge in [0, 0.05) is 31.6 Å². The minimum atomic E-state index is -0.00235. The molecule has 16 heavy (non-hydrogen) atoms. The summed E-state index contributed by atoms with van der Waals surface area (Å²) < 4.78 is 0. The Kier molecular flexibility index (Phi) is 3.70. The fourth-order valence-electron chi connectivity index (χ4n) is 2.20. The highest BCUT2D eigenvalue weighted by Gasteiger charge is 2.25. The molecule has 1 aliphatic rings. The predicted molar refractivity (Wildman–Crippen MR) is 63.9 cm³/mol. The normalized spacial score (nSPS) is 26.6. The number of nitrogens with zero attached hydrogens (tertiary/aromatic N) is 1. The molecule has 1 aromatic carbocycles. The molecule has 1 saturated heterocycles. The van der Waals surface area contributed by atoms with E-state index < -0.39 is 0 Å². The van der Waals surface area contributed by atoms with Crippen LogP contribution in [0.25, 0.3) is 0 Å². The molecule has 2 N–H and O–H groups in total. The molecule has 0 bridgehead atoms. The summed E-state index contributed by atoms with van der Waals surface area (Å²) in [7, 11) is 0. The topological polar surface area (TPSA) is 46.3 Å². The Labute approximate surface area is 96.2 Å². The van der Waals surface area contributed by atoms with Crippen molar-refractivity contribution in [3.8, 4) is 0 Å². The molecule has 1 heterocycles. The zero-order chi connectivity index (χ0) is 11.4. The van der Waals surface area contributed by atoms with Crippen LogP contribution in [0.2, 0.25) is 0 Å². The van der Waals surface area contributed by atoms with Crippen molar-refractivity contribution < 1.29 is 4.79 Å². The predicted octanol–water partition coefficient (Wildman–Crippen LogP) is 1.03. The Morgan fingerprint density at radius 2 is 2.12 bits per heavy atom. The van der Waals surface area contributed by atoms with Crippen molar-refractivity contribution in [3.63, 3.8) is 0 Å². The second-order valence-corrected chi connectivity index (χ2v) is 4.47. The molecule has 0 aliphatic carbocycles. The van der Waals surface area contributed by atoms with Crippen molar-refractivity contribution >= 4 is 6.29 Å². The smallest absolute Gasteiger partial charge is 0.125 e. The number of carbonyl (C=O) groups excluding carboxylic acids is 1. The molecule has 0 radical (unpaired) electrons. The molecule has 2 unspecified atom stereocenters. The molecular weight excluding hydrogens is 200 g/mol. The zero-order valence-corrected chi connectivity index (χ0v) is 9.38. The molecule has 1 fully saturated rings. The van der Waals surface area contributed by atoms with Crippen LogP contribution in [0.15, 0.2) is 30.3 Å². The van der Waals surface area contributed by atoms with Crippen LogP contribution in [0, 0.1) is 5.92 Å². The van der Waals surface area contributed by atoms with Gasteiger partial charge in [0.2, 0.25) is 0 Å². The molecule has 1 aliphatic heterocycles. The first-order chi connectivity index (χ1) is 7.79. The quantitative estimate of drug-likeness (QED) is 0.771. The summed E-state index contributed by atoms with van der Waals surface area (Å²) in [6.07, 6.45) is 1.91. The van der Waals surface area contributed by atoms with E-state index in [0.717, 1.165) is 32.3 Å². The maximum Gasteiger partial charge on any atom is 0.125 e. The Morgan fingerprint density at radius 1 is 1.38 bits per heavy atom. The van der Waals surface area contributed by atoms with Crippen LogP contribution in [-0.4, -0.2) is 30.3 Å². The number of rotatable bonds is 3. The van der Waals surface area contributed by atoms with Crippen LogP contribution in [0.3, 0.4) is 0 Å². The Bertz CT molecular complexity index is 339. The lowest BCUT2D eigenvalue weighted by atomic mass is 9.94. The van der Waals surface area contributed by atoms with Gasteiger partial charge < -0.3 is 10.5 Å². The van der Waals surface area contributed by atoms with Gasteiger partial charge in [0.25, 0.3) is 0 Å². The summed E-state index contributed by atoms with van der Waals surface area (Å²) in [6.45, 7) is 2.69. The second-order valence-electron chi connectivity index (χ2n) is 4.47. The van der Waals surface area contributed by atoms with Gasteiger partial charge in [-0.15, -0.1) is 0 Å². The first-order valence-electron chi connectivity index (χ1n) is 5.77. The molecule has 0 saturated carbocycles. The highest BCUT2D eigenvalue weighted by Crippen LogP contribution is 2.16. The number of likely N-dealkylation sites (tertiary alicyclic amines) is 1. The van der Waals surface area contributed by atoms with E-state index in [9.17, 15) is 4.79 Å². The lowest BCUT2D eigenvalue weighted by Crippen LogP contribution is -2.47. The summed E-state index contributed by atoms with van der Waals surface area (Å²) in [5.74, 6) is -0.00235. The number of hydrogen-bond acceptors (Lipinski definition) is 3. The highest BCUT2D eigenvalue weighted by molar-refractivity contribution is 5.55. The van der Waals surface area contributed by atoms with Gasteiger partial charge in [-0.3, -0.25) is 4.90 Å². The van der Waals surface area contributed by atoms with Gasteiger partial charge in [0.15, 0.2) is 0 Å². The summed E-state index contributed by atoms with van der Waals surface area (Å²) >= 11 is 0. The van der Waals surface area contributed by atoms with E-state index in [1.165, 1.54) is 5.56 Å². The molecule has 2 atom stereocenters. The molecular formula is C13H18N2O. The minimum absolute atomic E-state index is 0.00235. The van der Waals surface area contributed by atoms with Gasteiger partial charge >= 0.3 is 0 Å². The van der Waals surface area contributed by atoms with Crippen molar-refractivity contribution in [2.75, 3.05) is 13.1 Å².